The maximum absolute atomic E-state index is 11.5. The van der Waals surface area contributed by atoms with Gasteiger partial charge in [-0.3, -0.25) is 0 Å². The van der Waals surface area contributed by atoms with Crippen LogP contribution >= 0.6 is 0 Å². The van der Waals surface area contributed by atoms with Gasteiger partial charge in [-0.1, -0.05) is 12.8 Å². The normalized spacial score (nSPS) is 18.4. The number of hydrogen-bond donors (Lipinski definition) is 1. The second kappa shape index (κ2) is 4.57. The van der Waals surface area contributed by atoms with Gasteiger partial charge in [0.05, 0.1) is 12.8 Å². The molecule has 0 spiro atoms. The Bertz CT molecular complexity index is 421. The highest BCUT2D eigenvalue weighted by molar-refractivity contribution is 7.86. The van der Waals surface area contributed by atoms with Gasteiger partial charge in [0.25, 0.3) is 10.2 Å². The first-order chi connectivity index (χ1) is 7.57. The Kier molecular flexibility index (Phi) is 3.32. The molecule has 2 rings (SSSR count). The Morgan fingerprint density at radius 1 is 1.44 bits per heavy atom. The van der Waals surface area contributed by atoms with Crippen LogP contribution < -0.4 is 5.14 Å². The van der Waals surface area contributed by atoms with E-state index in [0.717, 1.165) is 25.7 Å². The maximum atomic E-state index is 11.5. The molecule has 1 fully saturated rings. The third-order valence-electron chi connectivity index (χ3n) is 2.95. The van der Waals surface area contributed by atoms with Crippen LogP contribution in [0, 0.1) is 0 Å². The van der Waals surface area contributed by atoms with Crippen molar-refractivity contribution in [2.24, 2.45) is 5.14 Å². The largest absolute Gasteiger partial charge is 0.468 e. The molecule has 5 nitrogen and oxygen atoms in total. The predicted octanol–water partition coefficient (Wildman–Crippen LogP) is 1.23. The smallest absolute Gasteiger partial charge is 0.277 e. The summed E-state index contributed by atoms with van der Waals surface area (Å²) in [6, 6.07) is 3.53. The van der Waals surface area contributed by atoms with Gasteiger partial charge in [0.1, 0.15) is 5.76 Å². The van der Waals surface area contributed by atoms with E-state index < -0.39 is 10.2 Å². The topological polar surface area (TPSA) is 76.5 Å². The van der Waals surface area contributed by atoms with Gasteiger partial charge >= 0.3 is 0 Å². The highest BCUT2D eigenvalue weighted by atomic mass is 32.2. The number of rotatable bonds is 4. The molecule has 1 aromatic rings. The summed E-state index contributed by atoms with van der Waals surface area (Å²) in [6.07, 6.45) is 5.43. The van der Waals surface area contributed by atoms with E-state index >= 15 is 0 Å². The zero-order chi connectivity index (χ0) is 11.6. The Hall–Kier alpha value is -0.850. The molecule has 16 heavy (non-hydrogen) atoms. The van der Waals surface area contributed by atoms with Gasteiger partial charge in [-0.15, -0.1) is 0 Å². The molecule has 90 valence electrons. The van der Waals surface area contributed by atoms with Crippen molar-refractivity contribution in [3.63, 3.8) is 0 Å². The lowest BCUT2D eigenvalue weighted by Gasteiger charge is -2.24. The van der Waals surface area contributed by atoms with Gasteiger partial charge in [0, 0.05) is 6.04 Å². The summed E-state index contributed by atoms with van der Waals surface area (Å²) in [6.45, 7) is 0.233. The van der Waals surface area contributed by atoms with E-state index in [1.807, 2.05) is 0 Å². The molecule has 1 aliphatic carbocycles. The summed E-state index contributed by atoms with van der Waals surface area (Å²) in [7, 11) is -3.65. The van der Waals surface area contributed by atoms with Crippen LogP contribution in [0.1, 0.15) is 31.4 Å². The minimum atomic E-state index is -3.65. The van der Waals surface area contributed by atoms with E-state index in [1.165, 1.54) is 10.6 Å². The Morgan fingerprint density at radius 3 is 2.62 bits per heavy atom. The minimum absolute atomic E-state index is 0.0279. The Balaban J connectivity index is 2.15. The molecule has 1 heterocycles. The first-order valence-corrected chi connectivity index (χ1v) is 6.89. The van der Waals surface area contributed by atoms with Crippen molar-refractivity contribution in [3.05, 3.63) is 24.2 Å². The quantitative estimate of drug-likeness (QED) is 0.865. The zero-order valence-corrected chi connectivity index (χ0v) is 9.82. The summed E-state index contributed by atoms with van der Waals surface area (Å²) in [5, 5.41) is 5.23. The highest BCUT2D eigenvalue weighted by Gasteiger charge is 2.30. The van der Waals surface area contributed by atoms with Crippen molar-refractivity contribution in [2.45, 2.75) is 38.3 Å². The second-order valence-corrected chi connectivity index (χ2v) is 5.61. The van der Waals surface area contributed by atoms with Crippen LogP contribution in [0.25, 0.3) is 0 Å². The van der Waals surface area contributed by atoms with Gasteiger partial charge in [0.2, 0.25) is 0 Å². The molecule has 1 aliphatic rings. The number of furan rings is 1. The molecular formula is C10H16N2O3S. The Labute approximate surface area is 95.4 Å². The number of hydrogen-bond acceptors (Lipinski definition) is 3. The fraction of sp³-hybridized carbons (Fsp3) is 0.600. The summed E-state index contributed by atoms with van der Waals surface area (Å²) in [5.74, 6) is 0.626. The van der Waals surface area contributed by atoms with Crippen molar-refractivity contribution < 1.29 is 12.8 Å². The predicted molar refractivity (Wildman–Crippen MR) is 59.6 cm³/mol. The molecule has 0 radical (unpaired) electrons. The van der Waals surface area contributed by atoms with Crippen LogP contribution in [-0.2, 0) is 16.8 Å². The van der Waals surface area contributed by atoms with E-state index in [2.05, 4.69) is 0 Å². The fourth-order valence-electron chi connectivity index (χ4n) is 2.18. The number of nitrogens with two attached hydrogens (primary N) is 1. The molecule has 0 bridgehead atoms. The van der Waals surface area contributed by atoms with Crippen molar-refractivity contribution in [3.8, 4) is 0 Å². The van der Waals surface area contributed by atoms with Crippen LogP contribution in [0.2, 0.25) is 0 Å². The lowest BCUT2D eigenvalue weighted by molar-refractivity contribution is 0.292. The first-order valence-electron chi connectivity index (χ1n) is 5.39. The van der Waals surface area contributed by atoms with Gasteiger partial charge in [-0.2, -0.15) is 12.7 Å². The van der Waals surface area contributed by atoms with Crippen molar-refractivity contribution in [2.75, 3.05) is 0 Å². The Morgan fingerprint density at radius 2 is 2.12 bits per heavy atom. The fourth-order valence-corrected chi connectivity index (χ4v) is 3.11. The van der Waals surface area contributed by atoms with Gasteiger partial charge in [0.15, 0.2) is 0 Å². The standard InChI is InChI=1S/C10H16N2O3S/c11-16(13,14)12(9-4-1-2-5-9)8-10-6-3-7-15-10/h3,6-7,9H,1-2,4-5,8H2,(H2,11,13,14). The molecule has 0 aromatic carbocycles. The summed E-state index contributed by atoms with van der Waals surface area (Å²) in [4.78, 5) is 0. The minimum Gasteiger partial charge on any atom is -0.468 e. The third kappa shape index (κ3) is 2.63. The van der Waals surface area contributed by atoms with E-state index in [4.69, 9.17) is 9.56 Å². The average Bonchev–Trinajstić information content (AvgIpc) is 2.85. The summed E-state index contributed by atoms with van der Waals surface area (Å²) in [5.41, 5.74) is 0. The van der Waals surface area contributed by atoms with Crippen LogP contribution in [-0.4, -0.2) is 18.8 Å². The third-order valence-corrected chi connectivity index (χ3v) is 4.03. The monoisotopic (exact) mass is 244 g/mol. The van der Waals surface area contributed by atoms with Crippen LogP contribution in [0.5, 0.6) is 0 Å². The zero-order valence-electron chi connectivity index (χ0n) is 9.00. The van der Waals surface area contributed by atoms with Gasteiger partial charge in [-0.25, -0.2) is 5.14 Å². The van der Waals surface area contributed by atoms with Crippen molar-refractivity contribution in [1.29, 1.82) is 0 Å². The lowest BCUT2D eigenvalue weighted by Crippen LogP contribution is -2.42. The molecule has 2 N–H and O–H groups in total. The van der Waals surface area contributed by atoms with E-state index in [0.29, 0.717) is 5.76 Å². The first kappa shape index (κ1) is 11.6. The van der Waals surface area contributed by atoms with Crippen LogP contribution in [0.15, 0.2) is 22.8 Å². The molecule has 1 saturated carbocycles. The van der Waals surface area contributed by atoms with Gasteiger partial charge in [-0.05, 0) is 25.0 Å². The summed E-state index contributed by atoms with van der Waals surface area (Å²) < 4.78 is 29.5. The van der Waals surface area contributed by atoms with E-state index in [-0.39, 0.29) is 12.6 Å². The van der Waals surface area contributed by atoms with Crippen molar-refractivity contribution in [1.82, 2.24) is 4.31 Å². The molecule has 0 aliphatic heterocycles. The SMILES string of the molecule is NS(=O)(=O)N(Cc1ccco1)C1CCCC1. The van der Waals surface area contributed by atoms with E-state index in [1.54, 1.807) is 12.1 Å². The summed E-state index contributed by atoms with van der Waals surface area (Å²) >= 11 is 0. The number of nitrogens with zero attached hydrogens (tertiary/aromatic N) is 1. The lowest BCUT2D eigenvalue weighted by atomic mass is 10.2. The van der Waals surface area contributed by atoms with Gasteiger partial charge < -0.3 is 4.42 Å². The van der Waals surface area contributed by atoms with Crippen LogP contribution in [0.4, 0.5) is 0 Å². The molecule has 0 saturated heterocycles. The highest BCUT2D eigenvalue weighted by Crippen LogP contribution is 2.26. The molecule has 0 amide bonds. The molecule has 1 aromatic heterocycles. The van der Waals surface area contributed by atoms with E-state index in [9.17, 15) is 8.42 Å². The molecule has 0 atom stereocenters. The maximum Gasteiger partial charge on any atom is 0.277 e. The van der Waals surface area contributed by atoms with Crippen molar-refractivity contribution >= 4 is 10.2 Å². The average molecular weight is 244 g/mol. The molecule has 6 heteroatoms. The second-order valence-electron chi connectivity index (χ2n) is 4.11. The van der Waals surface area contributed by atoms with Crippen LogP contribution in [0.3, 0.4) is 0 Å². The molecule has 0 unspecified atom stereocenters. The molecular weight excluding hydrogens is 228 g/mol.